The zero-order chi connectivity index (χ0) is 18.8. The smallest absolute Gasteiger partial charge is 0.232 e. The van der Waals surface area contributed by atoms with Gasteiger partial charge in [-0.15, -0.1) is 10.2 Å². The molecule has 0 aliphatic carbocycles. The maximum atomic E-state index is 12.8. The monoisotopic (exact) mass is 374 g/mol. The minimum absolute atomic E-state index is 0.0573. The SMILES string of the molecule is COc1cccc([C@@H]2[C@@H](C(=O)Nc3nnc(C(C)C)s3)CC(=O)N2C)c1. The van der Waals surface area contributed by atoms with Crippen molar-refractivity contribution in [2.75, 3.05) is 19.5 Å². The minimum atomic E-state index is -0.494. The number of anilines is 1. The normalized spacial score (nSPS) is 19.9. The number of hydrogen-bond donors (Lipinski definition) is 1. The quantitative estimate of drug-likeness (QED) is 0.870. The Bertz CT molecular complexity index is 820. The number of nitrogens with one attached hydrogen (secondary N) is 1. The molecule has 26 heavy (non-hydrogen) atoms. The van der Waals surface area contributed by atoms with Crippen molar-refractivity contribution in [3.63, 3.8) is 0 Å². The second kappa shape index (κ2) is 7.41. The van der Waals surface area contributed by atoms with E-state index in [9.17, 15) is 9.59 Å². The maximum absolute atomic E-state index is 12.8. The van der Waals surface area contributed by atoms with E-state index in [2.05, 4.69) is 15.5 Å². The number of rotatable bonds is 5. The van der Waals surface area contributed by atoms with Gasteiger partial charge < -0.3 is 15.0 Å². The van der Waals surface area contributed by atoms with Gasteiger partial charge in [0.05, 0.1) is 19.1 Å². The fraction of sp³-hybridized carbons (Fsp3) is 0.444. The fourth-order valence-electron chi connectivity index (χ4n) is 3.10. The molecule has 0 saturated carbocycles. The van der Waals surface area contributed by atoms with Crippen LogP contribution in [-0.2, 0) is 9.59 Å². The van der Waals surface area contributed by atoms with Crippen molar-refractivity contribution in [3.05, 3.63) is 34.8 Å². The van der Waals surface area contributed by atoms with Crippen LogP contribution in [0.5, 0.6) is 5.75 Å². The Kier molecular flexibility index (Phi) is 5.22. The van der Waals surface area contributed by atoms with Gasteiger partial charge in [-0.3, -0.25) is 9.59 Å². The summed E-state index contributed by atoms with van der Waals surface area (Å²) in [6, 6.07) is 7.13. The summed E-state index contributed by atoms with van der Waals surface area (Å²) in [4.78, 5) is 26.7. The van der Waals surface area contributed by atoms with Gasteiger partial charge in [-0.2, -0.15) is 0 Å². The highest BCUT2D eigenvalue weighted by molar-refractivity contribution is 7.15. The fourth-order valence-corrected chi connectivity index (χ4v) is 3.85. The number of hydrogen-bond acceptors (Lipinski definition) is 6. The Morgan fingerprint density at radius 2 is 2.15 bits per heavy atom. The van der Waals surface area contributed by atoms with E-state index in [4.69, 9.17) is 4.74 Å². The molecule has 1 aliphatic heterocycles. The molecule has 0 bridgehead atoms. The van der Waals surface area contributed by atoms with E-state index in [1.54, 1.807) is 19.1 Å². The number of benzene rings is 1. The first-order valence-corrected chi connectivity index (χ1v) is 9.26. The predicted octanol–water partition coefficient (Wildman–Crippen LogP) is 2.83. The van der Waals surface area contributed by atoms with Crippen LogP contribution >= 0.6 is 11.3 Å². The third-order valence-electron chi connectivity index (χ3n) is 4.52. The molecule has 1 fully saturated rings. The summed E-state index contributed by atoms with van der Waals surface area (Å²) in [7, 11) is 3.32. The van der Waals surface area contributed by atoms with E-state index in [1.165, 1.54) is 11.3 Å². The number of ether oxygens (including phenoxy) is 1. The van der Waals surface area contributed by atoms with Crippen molar-refractivity contribution in [3.8, 4) is 5.75 Å². The second-order valence-electron chi connectivity index (χ2n) is 6.63. The van der Waals surface area contributed by atoms with Gasteiger partial charge in [0.15, 0.2) is 0 Å². The molecule has 2 aromatic rings. The average molecular weight is 374 g/mol. The third-order valence-corrected chi connectivity index (χ3v) is 5.66. The van der Waals surface area contributed by atoms with Crippen LogP contribution in [0.15, 0.2) is 24.3 Å². The van der Waals surface area contributed by atoms with Crippen molar-refractivity contribution in [2.24, 2.45) is 5.92 Å². The largest absolute Gasteiger partial charge is 0.497 e. The lowest BCUT2D eigenvalue weighted by atomic mass is 9.93. The van der Waals surface area contributed by atoms with Crippen LogP contribution in [0.2, 0.25) is 0 Å². The molecule has 2 heterocycles. The van der Waals surface area contributed by atoms with E-state index in [1.807, 2.05) is 38.1 Å². The van der Waals surface area contributed by atoms with E-state index < -0.39 is 5.92 Å². The van der Waals surface area contributed by atoms with Crippen LogP contribution in [0.4, 0.5) is 5.13 Å². The highest BCUT2D eigenvalue weighted by Crippen LogP contribution is 2.39. The average Bonchev–Trinajstić information content (AvgIpc) is 3.20. The Morgan fingerprint density at radius 3 is 2.81 bits per heavy atom. The number of methoxy groups -OCH3 is 1. The van der Waals surface area contributed by atoms with Crippen LogP contribution in [0, 0.1) is 5.92 Å². The first-order chi connectivity index (χ1) is 12.4. The number of likely N-dealkylation sites (tertiary alicyclic amines) is 1. The van der Waals surface area contributed by atoms with Crippen LogP contribution in [0.25, 0.3) is 0 Å². The topological polar surface area (TPSA) is 84.4 Å². The molecular weight excluding hydrogens is 352 g/mol. The number of nitrogens with zero attached hydrogens (tertiary/aromatic N) is 3. The first-order valence-electron chi connectivity index (χ1n) is 8.44. The number of carbonyl (C=O) groups excluding carboxylic acids is 2. The first kappa shape index (κ1) is 18.3. The molecule has 0 unspecified atom stereocenters. The predicted molar refractivity (Wildman–Crippen MR) is 99.2 cm³/mol. The van der Waals surface area contributed by atoms with Gasteiger partial charge >= 0.3 is 0 Å². The Balaban J connectivity index is 1.83. The van der Waals surface area contributed by atoms with Crippen LogP contribution < -0.4 is 10.1 Å². The van der Waals surface area contributed by atoms with E-state index in [0.29, 0.717) is 10.9 Å². The summed E-state index contributed by atoms with van der Waals surface area (Å²) in [6.07, 6.45) is 0.167. The van der Waals surface area contributed by atoms with Crippen molar-refractivity contribution < 1.29 is 14.3 Å². The molecule has 1 N–H and O–H groups in total. The summed E-state index contributed by atoms with van der Waals surface area (Å²) in [5.74, 6) is 0.174. The highest BCUT2D eigenvalue weighted by atomic mass is 32.1. The molecule has 8 heteroatoms. The molecule has 0 spiro atoms. The Hall–Kier alpha value is -2.48. The lowest BCUT2D eigenvalue weighted by Crippen LogP contribution is -2.30. The van der Waals surface area contributed by atoms with Crippen molar-refractivity contribution >= 4 is 28.3 Å². The lowest BCUT2D eigenvalue weighted by molar-refractivity contribution is -0.127. The molecule has 3 rings (SSSR count). The molecule has 1 aromatic heterocycles. The summed E-state index contributed by atoms with van der Waals surface area (Å²) in [5, 5.41) is 12.3. The summed E-state index contributed by atoms with van der Waals surface area (Å²) < 4.78 is 5.27. The molecule has 2 atom stereocenters. The number of aromatic nitrogens is 2. The van der Waals surface area contributed by atoms with Gasteiger partial charge in [0.1, 0.15) is 10.8 Å². The summed E-state index contributed by atoms with van der Waals surface area (Å²) in [5.41, 5.74) is 0.873. The molecular formula is C18H22N4O3S. The molecule has 0 radical (unpaired) electrons. The van der Waals surface area contributed by atoms with Crippen LogP contribution in [0.1, 0.15) is 42.8 Å². The summed E-state index contributed by atoms with van der Waals surface area (Å²) >= 11 is 1.36. The van der Waals surface area contributed by atoms with Gasteiger partial charge in [-0.25, -0.2) is 0 Å². The zero-order valence-corrected chi connectivity index (χ0v) is 16.0. The second-order valence-corrected chi connectivity index (χ2v) is 7.64. The Labute approximate surface area is 156 Å². The van der Waals surface area contributed by atoms with Crippen LogP contribution in [0.3, 0.4) is 0 Å². The maximum Gasteiger partial charge on any atom is 0.232 e. The molecule has 1 aliphatic rings. The summed E-state index contributed by atoms with van der Waals surface area (Å²) in [6.45, 7) is 4.05. The van der Waals surface area contributed by atoms with E-state index in [0.717, 1.165) is 10.6 Å². The van der Waals surface area contributed by atoms with Crippen LogP contribution in [-0.4, -0.2) is 41.1 Å². The van der Waals surface area contributed by atoms with Gasteiger partial charge in [0.25, 0.3) is 0 Å². The third kappa shape index (κ3) is 3.55. The zero-order valence-electron chi connectivity index (χ0n) is 15.2. The number of carbonyl (C=O) groups is 2. The van der Waals surface area contributed by atoms with Gasteiger partial charge in [-0.1, -0.05) is 37.3 Å². The van der Waals surface area contributed by atoms with Crippen molar-refractivity contribution in [2.45, 2.75) is 32.2 Å². The highest BCUT2D eigenvalue weighted by Gasteiger charge is 2.43. The van der Waals surface area contributed by atoms with Gasteiger partial charge in [0, 0.05) is 19.4 Å². The molecule has 2 amide bonds. The molecule has 1 aromatic carbocycles. The molecule has 1 saturated heterocycles. The Morgan fingerprint density at radius 1 is 1.38 bits per heavy atom. The van der Waals surface area contributed by atoms with E-state index in [-0.39, 0.29) is 30.2 Å². The van der Waals surface area contributed by atoms with Gasteiger partial charge in [0.2, 0.25) is 16.9 Å². The number of amides is 2. The standard InChI is InChI=1S/C18H22N4O3S/c1-10(2)17-20-21-18(26-17)19-16(24)13-9-14(23)22(3)15(13)11-6-5-7-12(8-11)25-4/h5-8,10,13,15H,9H2,1-4H3,(H,19,21,24)/t13-,15+/m0/s1. The van der Waals surface area contributed by atoms with Crippen molar-refractivity contribution in [1.29, 1.82) is 0 Å². The molecule has 7 nitrogen and oxygen atoms in total. The van der Waals surface area contributed by atoms with E-state index >= 15 is 0 Å². The minimum Gasteiger partial charge on any atom is -0.497 e. The van der Waals surface area contributed by atoms with Gasteiger partial charge in [-0.05, 0) is 17.7 Å². The van der Waals surface area contributed by atoms with Crippen molar-refractivity contribution in [1.82, 2.24) is 15.1 Å². The lowest BCUT2D eigenvalue weighted by Gasteiger charge is -2.25. The molecule has 138 valence electrons.